The summed E-state index contributed by atoms with van der Waals surface area (Å²) in [6.45, 7) is 0.141. The van der Waals surface area contributed by atoms with Crippen LogP contribution in [0.4, 0.5) is 5.69 Å². The Morgan fingerprint density at radius 2 is 2.10 bits per heavy atom. The monoisotopic (exact) mass is 580 g/mol. The van der Waals surface area contributed by atoms with Crippen LogP contribution >= 0.6 is 62.0 Å². The number of hydrogen-bond donors (Lipinski definition) is 1. The molecule has 31 heavy (non-hydrogen) atoms. The zero-order valence-corrected chi connectivity index (χ0v) is 21.2. The standard InChI is InChI=1S/C18H14BrClN2O5S4/c19-14-7-13-18(30-14)21(4-1-5-31(25,26)27)15(29-13)8-16-22(9-17(23)24)11-6-10(20)2-3-12(11)28-16/h2-3,6-8H,1,4-5,9H2,(H-,23,24,25,26,27). The van der Waals surface area contributed by atoms with Crippen LogP contribution in [0.1, 0.15) is 11.4 Å². The maximum absolute atomic E-state index is 11.5. The van der Waals surface area contributed by atoms with E-state index in [0.29, 0.717) is 11.6 Å². The van der Waals surface area contributed by atoms with Crippen LogP contribution in [0.15, 0.2) is 38.0 Å². The minimum atomic E-state index is -4.29. The van der Waals surface area contributed by atoms with E-state index in [2.05, 4.69) is 15.9 Å². The van der Waals surface area contributed by atoms with Gasteiger partial charge in [-0.2, -0.15) is 4.57 Å². The number of carboxylic acid groups (broad SMARTS) is 1. The second-order valence-electron chi connectivity index (χ2n) is 6.60. The molecule has 0 fully saturated rings. The Balaban J connectivity index is 1.74. The molecule has 0 saturated heterocycles. The van der Waals surface area contributed by atoms with Crippen molar-refractivity contribution in [1.82, 2.24) is 0 Å². The average Bonchev–Trinajstić information content (AvgIpc) is 3.26. The van der Waals surface area contributed by atoms with Crippen molar-refractivity contribution >= 4 is 99.3 Å². The number of aryl methyl sites for hydroxylation is 1. The van der Waals surface area contributed by atoms with Gasteiger partial charge >= 0.3 is 5.97 Å². The zero-order chi connectivity index (χ0) is 22.3. The summed E-state index contributed by atoms with van der Waals surface area (Å²) in [5.41, 5.74) is 0.733. The van der Waals surface area contributed by atoms with Crippen molar-refractivity contribution in [2.75, 3.05) is 17.2 Å². The minimum Gasteiger partial charge on any atom is -0.748 e. The summed E-state index contributed by atoms with van der Waals surface area (Å²) < 4.78 is 37.0. The molecule has 3 heterocycles. The van der Waals surface area contributed by atoms with Gasteiger partial charge in [0.15, 0.2) is 6.54 Å². The highest BCUT2D eigenvalue weighted by molar-refractivity contribution is 9.11. The molecule has 0 atom stereocenters. The largest absolute Gasteiger partial charge is 0.748 e. The first-order chi connectivity index (χ1) is 14.6. The summed E-state index contributed by atoms with van der Waals surface area (Å²) in [4.78, 5) is 15.0. The SMILES string of the molecule is O=C(O)CN1C(=Cc2sc3cc(Br)sc3[n+]2CCCS(=O)(=O)[O-])Sc2ccc(Cl)cc21. The normalized spacial score (nSPS) is 15.2. The van der Waals surface area contributed by atoms with Crippen molar-refractivity contribution in [1.29, 1.82) is 0 Å². The van der Waals surface area contributed by atoms with E-state index < -0.39 is 21.8 Å². The molecule has 0 aliphatic carbocycles. The Morgan fingerprint density at radius 3 is 2.81 bits per heavy atom. The van der Waals surface area contributed by atoms with Gasteiger partial charge in [-0.1, -0.05) is 46.0 Å². The predicted molar refractivity (Wildman–Crippen MR) is 127 cm³/mol. The molecule has 0 bridgehead atoms. The summed E-state index contributed by atoms with van der Waals surface area (Å²) in [6.07, 6.45) is 2.09. The Kier molecular flexibility index (Phi) is 6.69. The fourth-order valence-corrected chi connectivity index (χ4v) is 8.08. The molecule has 0 saturated carbocycles. The first-order valence-corrected chi connectivity index (χ1v) is 14.0. The van der Waals surface area contributed by atoms with E-state index in [1.807, 2.05) is 22.8 Å². The lowest BCUT2D eigenvalue weighted by Crippen LogP contribution is -2.36. The molecule has 1 N–H and O–H groups in total. The van der Waals surface area contributed by atoms with E-state index in [-0.39, 0.29) is 13.0 Å². The van der Waals surface area contributed by atoms with Crippen LogP contribution in [-0.2, 0) is 21.5 Å². The molecular formula is C18H14BrClN2O5S4. The maximum Gasteiger partial charge on any atom is 0.323 e. The Labute approximate surface area is 203 Å². The zero-order valence-electron chi connectivity index (χ0n) is 15.6. The van der Waals surface area contributed by atoms with E-state index >= 15 is 0 Å². The third kappa shape index (κ3) is 5.27. The van der Waals surface area contributed by atoms with Gasteiger partial charge in [0.05, 0.1) is 30.7 Å². The molecule has 0 radical (unpaired) electrons. The van der Waals surface area contributed by atoms with Gasteiger partial charge in [0.1, 0.15) is 11.2 Å². The van der Waals surface area contributed by atoms with Gasteiger partial charge in [0.2, 0.25) is 0 Å². The number of nitrogens with zero attached hydrogens (tertiary/aromatic N) is 2. The maximum atomic E-state index is 11.5. The van der Waals surface area contributed by atoms with Crippen LogP contribution in [0.2, 0.25) is 5.02 Å². The summed E-state index contributed by atoms with van der Waals surface area (Å²) >= 11 is 14.1. The number of thioether (sulfide) groups is 1. The van der Waals surface area contributed by atoms with Gasteiger partial charge in [0.25, 0.3) is 9.84 Å². The number of fused-ring (bicyclic) bond motifs is 2. The third-order valence-electron chi connectivity index (χ3n) is 4.38. The van der Waals surface area contributed by atoms with Gasteiger partial charge in [-0.3, -0.25) is 4.79 Å². The lowest BCUT2D eigenvalue weighted by Gasteiger charge is -2.17. The molecule has 164 valence electrons. The molecule has 0 amide bonds. The van der Waals surface area contributed by atoms with E-state index in [9.17, 15) is 22.9 Å². The Morgan fingerprint density at radius 1 is 1.32 bits per heavy atom. The first kappa shape index (κ1) is 23.0. The summed E-state index contributed by atoms with van der Waals surface area (Å²) in [7, 11) is -4.29. The Hall–Kier alpha value is -1.15. The van der Waals surface area contributed by atoms with Crippen LogP contribution in [0.3, 0.4) is 0 Å². The molecule has 13 heteroatoms. The van der Waals surface area contributed by atoms with Crippen LogP contribution < -0.4 is 9.47 Å². The quantitative estimate of drug-likeness (QED) is 0.321. The molecular weight excluding hydrogens is 568 g/mol. The van der Waals surface area contributed by atoms with E-state index in [0.717, 1.165) is 33.9 Å². The van der Waals surface area contributed by atoms with Crippen LogP contribution in [0.5, 0.6) is 0 Å². The number of carboxylic acids is 1. The molecule has 0 spiro atoms. The lowest BCUT2D eigenvalue weighted by atomic mass is 10.3. The molecule has 2 aromatic heterocycles. The topological polar surface area (TPSA) is 102 Å². The van der Waals surface area contributed by atoms with Gasteiger partial charge in [-0.25, -0.2) is 8.42 Å². The number of rotatable bonds is 7. The minimum absolute atomic E-state index is 0.190. The summed E-state index contributed by atoms with van der Waals surface area (Å²) in [5.74, 6) is -1.41. The van der Waals surface area contributed by atoms with Crippen molar-refractivity contribution in [3.8, 4) is 0 Å². The number of aromatic nitrogens is 1. The second kappa shape index (κ2) is 9.00. The summed E-state index contributed by atoms with van der Waals surface area (Å²) in [5, 5.41) is 11.5. The molecule has 1 aliphatic heterocycles. The first-order valence-electron chi connectivity index (χ1n) is 8.84. The number of thiazole rings is 1. The van der Waals surface area contributed by atoms with Gasteiger partial charge in [-0.05, 0) is 40.2 Å². The van der Waals surface area contributed by atoms with Crippen LogP contribution in [0.25, 0.3) is 15.6 Å². The number of anilines is 1. The number of benzene rings is 1. The number of carbonyl (C=O) groups is 1. The molecule has 1 aliphatic rings. The van der Waals surface area contributed by atoms with Crippen molar-refractivity contribution in [3.05, 3.63) is 43.1 Å². The molecule has 3 aromatic rings. The van der Waals surface area contributed by atoms with Crippen LogP contribution in [0, 0.1) is 0 Å². The third-order valence-corrected chi connectivity index (χ3v) is 9.39. The van der Waals surface area contributed by atoms with E-state index in [1.165, 1.54) is 34.4 Å². The highest BCUT2D eigenvalue weighted by Gasteiger charge is 2.30. The number of halogens is 2. The van der Waals surface area contributed by atoms with Crippen molar-refractivity contribution in [3.63, 3.8) is 0 Å². The lowest BCUT2D eigenvalue weighted by molar-refractivity contribution is -0.666. The Bertz CT molecular complexity index is 1320. The van der Waals surface area contributed by atoms with E-state index in [4.69, 9.17) is 11.6 Å². The number of thiophene rings is 1. The van der Waals surface area contributed by atoms with Gasteiger partial charge in [-0.15, -0.1) is 0 Å². The van der Waals surface area contributed by atoms with Crippen molar-refractivity contribution in [2.45, 2.75) is 17.9 Å². The van der Waals surface area contributed by atoms with Crippen molar-refractivity contribution in [2.24, 2.45) is 0 Å². The molecule has 0 unspecified atom stereocenters. The van der Waals surface area contributed by atoms with E-state index in [1.54, 1.807) is 17.0 Å². The number of hydrogen-bond acceptors (Lipinski definition) is 8. The van der Waals surface area contributed by atoms with Crippen LogP contribution in [-0.4, -0.2) is 36.3 Å². The van der Waals surface area contributed by atoms with Gasteiger partial charge < -0.3 is 14.6 Å². The highest BCUT2D eigenvalue weighted by atomic mass is 79.9. The van der Waals surface area contributed by atoms with Gasteiger partial charge in [0, 0.05) is 22.1 Å². The highest BCUT2D eigenvalue weighted by Crippen LogP contribution is 2.47. The fraction of sp³-hybridized carbons (Fsp3) is 0.222. The summed E-state index contributed by atoms with van der Waals surface area (Å²) in [6, 6.07) is 7.34. The smallest absolute Gasteiger partial charge is 0.323 e. The van der Waals surface area contributed by atoms with Crippen molar-refractivity contribution < 1.29 is 27.4 Å². The predicted octanol–water partition coefficient (Wildman–Crippen LogP) is 4.60. The molecule has 4 rings (SSSR count). The molecule has 1 aromatic carbocycles. The average molecular weight is 582 g/mol. The fourth-order valence-electron chi connectivity index (χ4n) is 3.17. The molecule has 7 nitrogen and oxygen atoms in total. The second-order valence-corrected chi connectivity index (χ2v) is 13.1. The number of aliphatic carboxylic acids is 1.